The van der Waals surface area contributed by atoms with Crippen LogP contribution in [-0.4, -0.2) is 0 Å². The molecule has 1 aromatic rings. The van der Waals surface area contributed by atoms with Crippen molar-refractivity contribution in [2.24, 2.45) is 0 Å². The molecule has 0 atom stereocenters. The second-order valence-corrected chi connectivity index (χ2v) is 2.27. The molecule has 0 saturated carbocycles. The van der Waals surface area contributed by atoms with E-state index in [-0.39, 0.29) is 0 Å². The molecule has 2 heteroatoms. The van der Waals surface area contributed by atoms with Crippen molar-refractivity contribution < 1.29 is 4.39 Å². The molecule has 45 valence electrons. The van der Waals surface area contributed by atoms with Crippen LogP contribution in [0.3, 0.4) is 0 Å². The van der Waals surface area contributed by atoms with Crippen LogP contribution in [0.2, 0.25) is 0 Å². The summed E-state index contributed by atoms with van der Waals surface area (Å²) in [6.45, 7) is 3.64. The minimum Gasteiger partial charge on any atom is -0.151 e. The van der Waals surface area contributed by atoms with Gasteiger partial charge in [0.25, 0.3) is 0 Å². The Hall–Kier alpha value is -0.810. The first-order chi connectivity index (χ1) is 4.34. The van der Waals surface area contributed by atoms with E-state index in [1.54, 1.807) is 5.38 Å². The van der Waals surface area contributed by atoms with Crippen LogP contribution < -0.4 is 0 Å². The van der Waals surface area contributed by atoms with E-state index in [0.717, 1.165) is 5.56 Å². The lowest BCUT2D eigenvalue weighted by Crippen LogP contribution is -1.68. The van der Waals surface area contributed by atoms with E-state index < -0.39 is 0 Å². The molecule has 0 amide bonds. The first-order valence-corrected chi connectivity index (χ1v) is 3.28. The molecule has 0 unspecified atom stereocenters. The summed E-state index contributed by atoms with van der Waals surface area (Å²) in [5, 5.41) is 3.61. The molecule has 1 rings (SSSR count). The fourth-order valence-corrected chi connectivity index (χ4v) is 1.19. The first kappa shape index (κ1) is 6.31. The third-order valence-electron chi connectivity index (χ3n) is 0.924. The maximum atomic E-state index is 11.4. The van der Waals surface area contributed by atoms with Gasteiger partial charge >= 0.3 is 0 Å². The molecular formula is C7H4FS. The van der Waals surface area contributed by atoms with Gasteiger partial charge in [0.2, 0.25) is 0 Å². The number of rotatable bonds is 0. The van der Waals surface area contributed by atoms with Gasteiger partial charge in [0.15, 0.2) is 0 Å². The zero-order chi connectivity index (χ0) is 6.69. The van der Waals surface area contributed by atoms with Gasteiger partial charge in [0.05, 0.1) is 0 Å². The molecule has 0 aliphatic carbocycles. The molecule has 1 heterocycles. The Morgan fingerprint density at radius 3 is 2.78 bits per heavy atom. The highest BCUT2D eigenvalue weighted by Gasteiger charge is 1.92. The summed E-state index contributed by atoms with van der Waals surface area (Å²) in [6, 6.07) is 0. The predicted molar refractivity (Wildman–Crippen MR) is 36.8 cm³/mol. The second-order valence-electron chi connectivity index (χ2n) is 1.53. The molecule has 0 nitrogen and oxygen atoms in total. The van der Waals surface area contributed by atoms with E-state index in [0.29, 0.717) is 5.56 Å². The normalized spacial score (nSPS) is 8.22. The average molecular weight is 139 g/mol. The smallest absolute Gasteiger partial charge is 0.111 e. The van der Waals surface area contributed by atoms with Crippen LogP contribution in [0.1, 0.15) is 11.1 Å². The number of hydrogen-bond donors (Lipinski definition) is 0. The third-order valence-corrected chi connectivity index (χ3v) is 1.72. The molecule has 0 N–H and O–H groups in total. The number of hydrogen-bond acceptors (Lipinski definition) is 1. The summed E-state index contributed by atoms with van der Waals surface area (Å²) >= 11 is 1.47. The van der Waals surface area contributed by atoms with Crippen LogP contribution in [0.5, 0.6) is 0 Å². The van der Waals surface area contributed by atoms with Crippen molar-refractivity contribution in [1.82, 2.24) is 0 Å². The Labute approximate surface area is 57.3 Å². The van der Waals surface area contributed by atoms with E-state index in [4.69, 9.17) is 0 Å². The van der Waals surface area contributed by atoms with Crippen molar-refractivity contribution in [3.8, 4) is 12.1 Å². The summed E-state index contributed by atoms with van der Waals surface area (Å²) < 4.78 is 11.4. The van der Waals surface area contributed by atoms with Crippen LogP contribution in [0, 0.1) is 19.0 Å². The fourth-order valence-electron chi connectivity index (χ4n) is 0.484. The molecule has 0 saturated heterocycles. The molecule has 0 spiro atoms. The predicted octanol–water partition coefficient (Wildman–Crippen LogP) is 2.21. The van der Waals surface area contributed by atoms with Crippen molar-refractivity contribution >= 4 is 11.3 Å². The van der Waals surface area contributed by atoms with Gasteiger partial charge in [-0.05, 0) is 23.8 Å². The van der Waals surface area contributed by atoms with Gasteiger partial charge in [-0.1, -0.05) is 0 Å². The highest BCUT2D eigenvalue weighted by atomic mass is 32.1. The van der Waals surface area contributed by atoms with Gasteiger partial charge in [-0.15, -0.1) is 4.39 Å². The minimum atomic E-state index is 0.683. The van der Waals surface area contributed by atoms with Crippen molar-refractivity contribution in [3.05, 3.63) is 28.8 Å². The Morgan fingerprint density at radius 1 is 1.56 bits per heavy atom. The quantitative estimate of drug-likeness (QED) is 0.483. The van der Waals surface area contributed by atoms with E-state index in [9.17, 15) is 4.39 Å². The van der Waals surface area contributed by atoms with Gasteiger partial charge in [0.1, 0.15) is 6.17 Å². The zero-order valence-electron chi connectivity index (χ0n) is 4.65. The van der Waals surface area contributed by atoms with Gasteiger partial charge in [-0.3, -0.25) is 0 Å². The molecule has 9 heavy (non-hydrogen) atoms. The molecule has 0 aliphatic rings. The Morgan fingerprint density at radius 2 is 2.33 bits per heavy atom. The molecule has 0 fully saturated rings. The Kier molecular flexibility index (Phi) is 1.86. The molecule has 1 aromatic heterocycles. The molecule has 0 aromatic carbocycles. The van der Waals surface area contributed by atoms with Crippen LogP contribution in [0.25, 0.3) is 0 Å². The Bertz CT molecular complexity index is 251. The molecule has 0 aliphatic heterocycles. The van der Waals surface area contributed by atoms with Gasteiger partial charge in [-0.2, -0.15) is 11.3 Å². The highest BCUT2D eigenvalue weighted by molar-refractivity contribution is 7.08. The lowest BCUT2D eigenvalue weighted by atomic mass is 10.2. The van der Waals surface area contributed by atoms with Gasteiger partial charge in [0, 0.05) is 10.9 Å². The Balaban J connectivity index is 3.03. The molecule has 0 bridgehead atoms. The monoisotopic (exact) mass is 139 g/mol. The topological polar surface area (TPSA) is 0 Å². The summed E-state index contributed by atoms with van der Waals surface area (Å²) in [5.41, 5.74) is 1.48. The SMILES string of the molecule is [CH2]c1cscc1C#CF. The van der Waals surface area contributed by atoms with Crippen molar-refractivity contribution in [2.75, 3.05) is 0 Å². The number of thiophene rings is 1. The van der Waals surface area contributed by atoms with Crippen molar-refractivity contribution in [2.45, 2.75) is 0 Å². The number of halogens is 1. The fraction of sp³-hybridized carbons (Fsp3) is 0. The van der Waals surface area contributed by atoms with Crippen LogP contribution >= 0.6 is 11.3 Å². The van der Waals surface area contributed by atoms with Crippen LogP contribution in [0.4, 0.5) is 4.39 Å². The molecule has 1 radical (unpaired) electrons. The lowest BCUT2D eigenvalue weighted by Gasteiger charge is -1.79. The average Bonchev–Trinajstić information content (AvgIpc) is 2.18. The van der Waals surface area contributed by atoms with Crippen molar-refractivity contribution in [1.29, 1.82) is 0 Å². The second kappa shape index (κ2) is 2.65. The maximum Gasteiger partial charge on any atom is 0.111 e. The summed E-state index contributed by atoms with van der Waals surface area (Å²) in [4.78, 5) is 0. The van der Waals surface area contributed by atoms with Crippen LogP contribution in [-0.2, 0) is 0 Å². The van der Waals surface area contributed by atoms with E-state index in [2.05, 4.69) is 12.8 Å². The first-order valence-electron chi connectivity index (χ1n) is 2.34. The van der Waals surface area contributed by atoms with Gasteiger partial charge < -0.3 is 0 Å². The highest BCUT2D eigenvalue weighted by Crippen LogP contribution is 2.11. The maximum absolute atomic E-state index is 11.4. The lowest BCUT2D eigenvalue weighted by molar-refractivity contribution is 0.774. The van der Waals surface area contributed by atoms with E-state index >= 15 is 0 Å². The summed E-state index contributed by atoms with van der Waals surface area (Å²) in [6.07, 6.45) is 1.33. The minimum absolute atomic E-state index is 0.683. The third kappa shape index (κ3) is 1.30. The zero-order valence-corrected chi connectivity index (χ0v) is 5.46. The summed E-state index contributed by atoms with van der Waals surface area (Å²) in [5.74, 6) is 2.29. The summed E-state index contributed by atoms with van der Waals surface area (Å²) in [7, 11) is 0. The van der Waals surface area contributed by atoms with E-state index in [1.807, 2.05) is 5.38 Å². The van der Waals surface area contributed by atoms with Crippen LogP contribution in [0.15, 0.2) is 10.8 Å². The van der Waals surface area contributed by atoms with E-state index in [1.165, 1.54) is 17.5 Å². The molecular weight excluding hydrogens is 135 g/mol. The van der Waals surface area contributed by atoms with Gasteiger partial charge in [-0.25, -0.2) is 0 Å². The standard InChI is InChI=1S/C7H4FS/c1-6-4-9-5-7(6)2-3-8/h4-5H,1H2. The largest absolute Gasteiger partial charge is 0.151 e. The van der Waals surface area contributed by atoms with Crippen molar-refractivity contribution in [3.63, 3.8) is 0 Å².